The third-order valence-electron chi connectivity index (χ3n) is 5.57. The maximum atomic E-state index is 14.4. The molecule has 0 aliphatic carbocycles. The Morgan fingerprint density at radius 3 is 2.66 bits per heavy atom. The van der Waals surface area contributed by atoms with Crippen LogP contribution in [0.1, 0.15) is 39.9 Å². The van der Waals surface area contributed by atoms with Crippen molar-refractivity contribution in [2.24, 2.45) is 0 Å². The number of carbonyl (C=O) groups is 4. The summed E-state index contributed by atoms with van der Waals surface area (Å²) in [7, 11) is 0. The average molecular weight is 443 g/mol. The highest BCUT2D eigenvalue weighted by Crippen LogP contribution is 2.34. The summed E-state index contributed by atoms with van der Waals surface area (Å²) >= 11 is 0. The minimum absolute atomic E-state index is 0.135. The smallest absolute Gasteiger partial charge is 0.353 e. The lowest BCUT2D eigenvalue weighted by molar-refractivity contribution is -0.147. The van der Waals surface area contributed by atoms with Crippen molar-refractivity contribution in [1.29, 1.82) is 0 Å². The number of nitrogens with zero attached hydrogens (tertiary/aromatic N) is 1. The predicted molar refractivity (Wildman–Crippen MR) is 106 cm³/mol. The van der Waals surface area contributed by atoms with Crippen LogP contribution in [0.2, 0.25) is 0 Å². The third kappa shape index (κ3) is 3.79. The Balaban J connectivity index is 1.44. The molecule has 2 aliphatic rings. The first-order chi connectivity index (χ1) is 15.2. The number of imide groups is 1. The fraction of sp³-hybridized carbons (Fsp3) is 0.273. The van der Waals surface area contributed by atoms with Crippen LogP contribution in [0.15, 0.2) is 42.5 Å². The normalized spacial score (nSPS) is 18.4. The Kier molecular flexibility index (Phi) is 5.37. The van der Waals surface area contributed by atoms with Crippen molar-refractivity contribution in [1.82, 2.24) is 15.5 Å². The first kappa shape index (κ1) is 21.4. The van der Waals surface area contributed by atoms with E-state index in [-0.39, 0.29) is 37.7 Å². The fourth-order valence-corrected chi connectivity index (χ4v) is 3.89. The lowest BCUT2D eigenvalue weighted by Crippen LogP contribution is -2.52. The largest absolute Gasteiger partial charge is 0.507 e. The SMILES string of the molecule is O=C1CCC(N2Cc3cc(CNC(=O)C(F)(F)c4ccccc4O)ccc3C2=O)C(=O)N1. The van der Waals surface area contributed by atoms with Gasteiger partial charge in [-0.1, -0.05) is 24.3 Å². The van der Waals surface area contributed by atoms with Crippen LogP contribution in [0.5, 0.6) is 5.75 Å². The monoisotopic (exact) mass is 443 g/mol. The Labute approximate surface area is 181 Å². The first-order valence-electron chi connectivity index (χ1n) is 9.89. The first-order valence-corrected chi connectivity index (χ1v) is 9.89. The van der Waals surface area contributed by atoms with Gasteiger partial charge in [0.15, 0.2) is 0 Å². The van der Waals surface area contributed by atoms with Crippen molar-refractivity contribution in [2.45, 2.75) is 37.9 Å². The van der Waals surface area contributed by atoms with Crippen LogP contribution in [0.4, 0.5) is 8.78 Å². The van der Waals surface area contributed by atoms with Crippen molar-refractivity contribution in [3.63, 3.8) is 0 Å². The highest BCUT2D eigenvalue weighted by atomic mass is 19.3. The summed E-state index contributed by atoms with van der Waals surface area (Å²) in [5.41, 5.74) is 0.670. The van der Waals surface area contributed by atoms with Crippen LogP contribution in [-0.4, -0.2) is 39.7 Å². The number of nitrogens with one attached hydrogen (secondary N) is 2. The molecule has 3 N–H and O–H groups in total. The molecule has 1 fully saturated rings. The summed E-state index contributed by atoms with van der Waals surface area (Å²) in [5, 5.41) is 14.0. The number of phenolic OH excluding ortho intramolecular Hbond substituents is 1. The van der Waals surface area contributed by atoms with Crippen LogP contribution in [0.25, 0.3) is 0 Å². The van der Waals surface area contributed by atoms with E-state index >= 15 is 0 Å². The lowest BCUT2D eigenvalue weighted by atomic mass is 10.0. The second-order valence-corrected chi connectivity index (χ2v) is 7.67. The second kappa shape index (κ2) is 8.03. The van der Waals surface area contributed by atoms with Crippen molar-refractivity contribution in [3.8, 4) is 5.75 Å². The number of benzene rings is 2. The van der Waals surface area contributed by atoms with Crippen LogP contribution in [-0.2, 0) is 33.4 Å². The van der Waals surface area contributed by atoms with Crippen LogP contribution in [0.3, 0.4) is 0 Å². The topological polar surface area (TPSA) is 116 Å². The van der Waals surface area contributed by atoms with Gasteiger partial charge in [0.25, 0.3) is 11.8 Å². The molecule has 2 aromatic carbocycles. The van der Waals surface area contributed by atoms with Crippen LogP contribution in [0, 0.1) is 0 Å². The third-order valence-corrected chi connectivity index (χ3v) is 5.57. The molecular formula is C22H19F2N3O5. The van der Waals surface area contributed by atoms with Gasteiger partial charge < -0.3 is 15.3 Å². The van der Waals surface area contributed by atoms with Crippen LogP contribution < -0.4 is 10.6 Å². The molecular weight excluding hydrogens is 424 g/mol. The molecule has 10 heteroatoms. The van der Waals surface area contributed by atoms with Crippen molar-refractivity contribution >= 4 is 23.6 Å². The molecule has 2 aromatic rings. The molecule has 2 aliphatic heterocycles. The van der Waals surface area contributed by atoms with Gasteiger partial charge in [0.2, 0.25) is 11.8 Å². The Morgan fingerprint density at radius 1 is 1.19 bits per heavy atom. The van der Waals surface area contributed by atoms with E-state index < -0.39 is 35.1 Å². The molecule has 2 heterocycles. The van der Waals surface area contributed by atoms with Crippen molar-refractivity contribution in [2.75, 3.05) is 0 Å². The Hall–Kier alpha value is -3.82. The molecule has 32 heavy (non-hydrogen) atoms. The number of para-hydroxylation sites is 1. The summed E-state index contributed by atoms with van der Waals surface area (Å²) in [6.07, 6.45) is 0.369. The molecule has 0 bridgehead atoms. The number of halogens is 2. The van der Waals surface area contributed by atoms with Crippen molar-refractivity contribution < 1.29 is 33.1 Å². The number of fused-ring (bicyclic) bond motifs is 1. The van der Waals surface area contributed by atoms with Gasteiger partial charge >= 0.3 is 5.92 Å². The predicted octanol–water partition coefficient (Wildman–Crippen LogP) is 1.56. The molecule has 1 saturated heterocycles. The van der Waals surface area contributed by atoms with E-state index in [2.05, 4.69) is 10.6 Å². The van der Waals surface area contributed by atoms with Gasteiger partial charge in [-0.05, 0) is 35.7 Å². The van der Waals surface area contributed by atoms with E-state index in [0.717, 1.165) is 12.1 Å². The van der Waals surface area contributed by atoms with Gasteiger partial charge in [0, 0.05) is 25.1 Å². The number of phenols is 1. The second-order valence-electron chi connectivity index (χ2n) is 7.67. The number of piperidine rings is 1. The summed E-state index contributed by atoms with van der Waals surface area (Å²) in [5.74, 6) is -7.44. The zero-order chi connectivity index (χ0) is 23.0. The molecule has 0 saturated carbocycles. The Bertz CT molecular complexity index is 1130. The fourth-order valence-electron chi connectivity index (χ4n) is 3.89. The van der Waals surface area contributed by atoms with E-state index in [1.165, 1.54) is 29.2 Å². The zero-order valence-corrected chi connectivity index (χ0v) is 16.7. The average Bonchev–Trinajstić information content (AvgIpc) is 3.07. The van der Waals surface area contributed by atoms with Gasteiger partial charge in [-0.25, -0.2) is 0 Å². The number of aromatic hydroxyl groups is 1. The van der Waals surface area contributed by atoms with Crippen molar-refractivity contribution in [3.05, 3.63) is 64.7 Å². The van der Waals surface area contributed by atoms with Gasteiger partial charge in [-0.15, -0.1) is 0 Å². The zero-order valence-electron chi connectivity index (χ0n) is 16.7. The molecule has 8 nitrogen and oxygen atoms in total. The highest BCUT2D eigenvalue weighted by molar-refractivity contribution is 6.05. The minimum Gasteiger partial charge on any atom is -0.507 e. The maximum absolute atomic E-state index is 14.4. The number of hydrogen-bond donors (Lipinski definition) is 3. The summed E-state index contributed by atoms with van der Waals surface area (Å²) in [6, 6.07) is 8.61. The minimum atomic E-state index is -3.93. The van der Waals surface area contributed by atoms with Gasteiger partial charge in [-0.2, -0.15) is 8.78 Å². The molecule has 4 amide bonds. The molecule has 0 radical (unpaired) electrons. The number of alkyl halides is 2. The van der Waals surface area contributed by atoms with E-state index in [1.54, 1.807) is 6.07 Å². The van der Waals surface area contributed by atoms with E-state index in [1.807, 2.05) is 0 Å². The standard InChI is InChI=1S/C22H19F2N3O5/c23-22(24,15-3-1-2-4-17(15)28)21(32)25-10-12-5-6-14-13(9-12)11-27(20(14)31)16-7-8-18(29)26-19(16)30/h1-6,9,16,28H,7-8,10-11H2,(H,25,32)(H,26,29,30). The number of rotatable bonds is 5. The van der Waals surface area contributed by atoms with E-state index in [9.17, 15) is 33.1 Å². The van der Waals surface area contributed by atoms with E-state index in [0.29, 0.717) is 16.7 Å². The van der Waals surface area contributed by atoms with Gasteiger partial charge in [-0.3, -0.25) is 24.5 Å². The molecule has 4 rings (SSSR count). The number of amides is 4. The maximum Gasteiger partial charge on any atom is 0.353 e. The lowest BCUT2D eigenvalue weighted by Gasteiger charge is -2.29. The molecule has 0 spiro atoms. The molecule has 166 valence electrons. The van der Waals surface area contributed by atoms with Gasteiger partial charge in [0.1, 0.15) is 11.8 Å². The Morgan fingerprint density at radius 2 is 1.94 bits per heavy atom. The molecule has 1 atom stereocenters. The van der Waals surface area contributed by atoms with E-state index in [4.69, 9.17) is 0 Å². The number of hydrogen-bond acceptors (Lipinski definition) is 5. The summed E-state index contributed by atoms with van der Waals surface area (Å²) < 4.78 is 28.8. The molecule has 1 unspecified atom stereocenters. The summed E-state index contributed by atoms with van der Waals surface area (Å²) in [6.45, 7) is -0.0851. The molecule has 0 aromatic heterocycles. The summed E-state index contributed by atoms with van der Waals surface area (Å²) in [4.78, 5) is 49.6. The van der Waals surface area contributed by atoms with Crippen LogP contribution >= 0.6 is 0 Å². The highest BCUT2D eigenvalue weighted by Gasteiger charge is 2.43. The number of carbonyl (C=O) groups excluding carboxylic acids is 4. The van der Waals surface area contributed by atoms with Gasteiger partial charge in [0.05, 0.1) is 5.56 Å². The quantitative estimate of drug-likeness (QED) is 0.607.